The largest absolute Gasteiger partial charge is 0.481 e. The van der Waals surface area contributed by atoms with Gasteiger partial charge in [0.2, 0.25) is 0 Å². The van der Waals surface area contributed by atoms with Gasteiger partial charge in [0.1, 0.15) is 0 Å². The first-order valence-electron chi connectivity index (χ1n) is 9.75. The van der Waals surface area contributed by atoms with Gasteiger partial charge >= 0.3 is 5.97 Å². The average molecular weight is 363 g/mol. The molecule has 0 heterocycles. The summed E-state index contributed by atoms with van der Waals surface area (Å²) < 4.78 is 0. The molecular weight excluding hydrogens is 328 g/mol. The minimum absolute atomic E-state index is 0.0360. The second-order valence-electron chi connectivity index (χ2n) is 6.90. The van der Waals surface area contributed by atoms with E-state index in [0.717, 1.165) is 38.5 Å². The monoisotopic (exact) mass is 362 g/mol. The Kier molecular flexibility index (Phi) is 11.7. The molecule has 4 nitrogen and oxygen atoms in total. The molecule has 0 aliphatic heterocycles. The van der Waals surface area contributed by atoms with Crippen molar-refractivity contribution in [3.63, 3.8) is 0 Å². The molecule has 1 saturated carbocycles. The summed E-state index contributed by atoms with van der Waals surface area (Å²) in [7, 11) is 0. The van der Waals surface area contributed by atoms with Crippen molar-refractivity contribution in [2.75, 3.05) is 0 Å². The highest BCUT2D eigenvalue weighted by Gasteiger charge is 2.32. The molecule has 26 heavy (non-hydrogen) atoms. The van der Waals surface area contributed by atoms with E-state index in [1.165, 1.54) is 0 Å². The van der Waals surface area contributed by atoms with Crippen LogP contribution in [0.5, 0.6) is 0 Å². The highest BCUT2D eigenvalue weighted by atomic mass is 16.4. The lowest BCUT2D eigenvalue weighted by Crippen LogP contribution is -2.17. The summed E-state index contributed by atoms with van der Waals surface area (Å²) >= 11 is 0. The smallest absolute Gasteiger partial charge is 0.303 e. The molecule has 1 aliphatic carbocycles. The third-order valence-electron chi connectivity index (χ3n) is 4.75. The summed E-state index contributed by atoms with van der Waals surface area (Å²) in [6.07, 6.45) is 21.2. The zero-order valence-corrected chi connectivity index (χ0v) is 15.8. The molecule has 3 N–H and O–H groups in total. The number of hydrogen-bond donors (Lipinski definition) is 3. The Labute approximate surface area is 157 Å². The Morgan fingerprint density at radius 3 is 2.38 bits per heavy atom. The van der Waals surface area contributed by atoms with Crippen molar-refractivity contribution in [2.45, 2.75) is 70.5 Å². The Morgan fingerprint density at radius 2 is 1.73 bits per heavy atom. The highest BCUT2D eigenvalue weighted by Crippen LogP contribution is 2.36. The van der Waals surface area contributed by atoms with Crippen LogP contribution in [0.15, 0.2) is 48.6 Å². The second-order valence-corrected chi connectivity index (χ2v) is 6.90. The summed E-state index contributed by atoms with van der Waals surface area (Å²) in [5, 5.41) is 28.6. The summed E-state index contributed by atoms with van der Waals surface area (Å²) in [4.78, 5) is 10.5. The first kappa shape index (κ1) is 22.4. The minimum atomic E-state index is -0.906. The number of hydrogen-bond acceptors (Lipinski definition) is 3. The number of carboxylic acids is 1. The van der Waals surface area contributed by atoms with Gasteiger partial charge in [-0.15, -0.1) is 0 Å². The third kappa shape index (κ3) is 9.73. The molecule has 1 aliphatic rings. The van der Waals surface area contributed by atoms with E-state index in [0.29, 0.717) is 5.92 Å². The van der Waals surface area contributed by atoms with Crippen molar-refractivity contribution < 1.29 is 20.1 Å². The molecule has 0 radical (unpaired) electrons. The van der Waals surface area contributed by atoms with Crippen LogP contribution >= 0.6 is 0 Å². The van der Waals surface area contributed by atoms with Crippen LogP contribution in [0.2, 0.25) is 0 Å². The van der Waals surface area contributed by atoms with E-state index in [1.54, 1.807) is 6.08 Å². The molecule has 0 amide bonds. The molecule has 0 unspecified atom stereocenters. The van der Waals surface area contributed by atoms with Gasteiger partial charge in [-0.1, -0.05) is 55.5 Å². The summed E-state index contributed by atoms with van der Waals surface area (Å²) in [5.74, 6) is -0.494. The van der Waals surface area contributed by atoms with Gasteiger partial charge in [0.15, 0.2) is 0 Å². The quantitative estimate of drug-likeness (QED) is 0.450. The lowest BCUT2D eigenvalue weighted by molar-refractivity contribution is -0.137. The van der Waals surface area contributed by atoms with Crippen molar-refractivity contribution in [1.82, 2.24) is 0 Å². The molecule has 0 aromatic rings. The fourth-order valence-electron chi connectivity index (χ4n) is 3.25. The molecule has 0 saturated heterocycles. The van der Waals surface area contributed by atoms with Gasteiger partial charge in [-0.05, 0) is 50.9 Å². The van der Waals surface area contributed by atoms with Gasteiger partial charge in [0.25, 0.3) is 0 Å². The Morgan fingerprint density at radius 1 is 1.08 bits per heavy atom. The van der Waals surface area contributed by atoms with Crippen LogP contribution in [-0.2, 0) is 4.79 Å². The van der Waals surface area contributed by atoms with Crippen molar-refractivity contribution in [3.8, 4) is 0 Å². The Hall–Kier alpha value is -1.65. The van der Waals surface area contributed by atoms with Crippen LogP contribution in [0, 0.1) is 11.8 Å². The zero-order valence-electron chi connectivity index (χ0n) is 15.8. The number of carboxylic acid groups (broad SMARTS) is 1. The van der Waals surface area contributed by atoms with Gasteiger partial charge in [-0.3, -0.25) is 4.79 Å². The predicted octanol–water partition coefficient (Wildman–Crippen LogP) is 4.40. The van der Waals surface area contributed by atoms with Crippen molar-refractivity contribution in [3.05, 3.63) is 48.6 Å². The zero-order chi connectivity index (χ0) is 19.2. The maximum atomic E-state index is 10.5. The van der Waals surface area contributed by atoms with Crippen molar-refractivity contribution in [2.24, 2.45) is 11.8 Å². The lowest BCUT2D eigenvalue weighted by Gasteiger charge is -2.18. The first-order chi connectivity index (χ1) is 12.5. The number of aliphatic hydroxyl groups is 2. The van der Waals surface area contributed by atoms with E-state index in [9.17, 15) is 15.0 Å². The van der Waals surface area contributed by atoms with E-state index in [2.05, 4.69) is 43.4 Å². The van der Waals surface area contributed by atoms with Crippen molar-refractivity contribution in [1.29, 1.82) is 0 Å². The first-order valence-corrected chi connectivity index (χ1v) is 9.75. The molecular formula is C22H34O4. The molecule has 1 fully saturated rings. The average Bonchev–Trinajstić information content (AvgIpc) is 2.96. The molecule has 0 spiro atoms. The molecule has 1 rings (SSSR count). The third-order valence-corrected chi connectivity index (χ3v) is 4.75. The summed E-state index contributed by atoms with van der Waals surface area (Å²) in [5.41, 5.74) is 0. The summed E-state index contributed by atoms with van der Waals surface area (Å²) in [6, 6.07) is 0. The SMILES string of the molecule is CC/C=C\C/C=C\C/C=C\C[C@H]1CC[C@H](O)[C@H]1/C=C/[C@H](O)CCC(=O)O. The van der Waals surface area contributed by atoms with Gasteiger partial charge < -0.3 is 15.3 Å². The molecule has 4 heteroatoms. The van der Waals surface area contributed by atoms with Crippen LogP contribution in [0.4, 0.5) is 0 Å². The minimum Gasteiger partial charge on any atom is -0.481 e. The van der Waals surface area contributed by atoms with Crippen LogP contribution < -0.4 is 0 Å². The molecule has 146 valence electrons. The number of aliphatic hydroxyl groups excluding tert-OH is 2. The topological polar surface area (TPSA) is 77.8 Å². The van der Waals surface area contributed by atoms with E-state index < -0.39 is 12.1 Å². The predicted molar refractivity (Wildman–Crippen MR) is 106 cm³/mol. The highest BCUT2D eigenvalue weighted by molar-refractivity contribution is 5.66. The summed E-state index contributed by atoms with van der Waals surface area (Å²) in [6.45, 7) is 2.13. The number of rotatable bonds is 12. The number of carbonyl (C=O) groups is 1. The van der Waals surface area contributed by atoms with Crippen LogP contribution in [0.25, 0.3) is 0 Å². The van der Waals surface area contributed by atoms with Crippen molar-refractivity contribution >= 4 is 5.97 Å². The Balaban J connectivity index is 2.37. The normalized spacial score (nSPS) is 25.3. The van der Waals surface area contributed by atoms with Crippen LogP contribution in [0.3, 0.4) is 0 Å². The van der Waals surface area contributed by atoms with E-state index in [4.69, 9.17) is 5.11 Å². The molecule has 4 atom stereocenters. The fraction of sp³-hybridized carbons (Fsp3) is 0.591. The van der Waals surface area contributed by atoms with Gasteiger partial charge in [0, 0.05) is 12.3 Å². The van der Waals surface area contributed by atoms with Crippen LogP contribution in [-0.4, -0.2) is 33.5 Å². The second kappa shape index (κ2) is 13.5. The van der Waals surface area contributed by atoms with Gasteiger partial charge in [-0.25, -0.2) is 0 Å². The number of allylic oxidation sites excluding steroid dienone is 6. The van der Waals surface area contributed by atoms with Gasteiger partial charge in [-0.2, -0.15) is 0 Å². The maximum absolute atomic E-state index is 10.5. The standard InChI is InChI=1S/C22H34O4/c1-2-3-4-5-6-7-8-9-10-11-18-12-16-21(24)20(18)15-13-19(23)14-17-22(25)26/h3-4,6-7,9-10,13,15,18-21,23-24H,2,5,8,11-12,14,16-17H2,1H3,(H,25,26)/b4-3-,7-6-,10-9-,15-13+/t18-,19-,20-,21-/m0/s1. The van der Waals surface area contributed by atoms with Gasteiger partial charge in [0.05, 0.1) is 12.2 Å². The van der Waals surface area contributed by atoms with E-state index in [1.807, 2.05) is 6.08 Å². The van der Waals surface area contributed by atoms with E-state index >= 15 is 0 Å². The molecule has 0 aromatic heterocycles. The molecule has 0 bridgehead atoms. The molecule has 0 aromatic carbocycles. The number of aliphatic carboxylic acids is 1. The van der Waals surface area contributed by atoms with E-state index in [-0.39, 0.29) is 24.9 Å². The maximum Gasteiger partial charge on any atom is 0.303 e. The lowest BCUT2D eigenvalue weighted by atomic mass is 9.90. The van der Waals surface area contributed by atoms with Crippen LogP contribution in [0.1, 0.15) is 58.3 Å². The fourth-order valence-corrected chi connectivity index (χ4v) is 3.25. The Bertz CT molecular complexity index is 504.